The summed E-state index contributed by atoms with van der Waals surface area (Å²) in [6.45, 7) is 4.61. The molecular weight excluding hydrogens is 304 g/mol. The third-order valence-electron chi connectivity index (χ3n) is 3.79. The molecule has 1 heterocycles. The molecule has 1 unspecified atom stereocenters. The van der Waals surface area contributed by atoms with Gasteiger partial charge in [-0.2, -0.15) is 0 Å². The number of carboxylic acid groups (broad SMARTS) is 1. The minimum absolute atomic E-state index is 0.0513. The number of carbonyl (C=O) groups is 1. The lowest BCUT2D eigenvalue weighted by Crippen LogP contribution is -2.42. The summed E-state index contributed by atoms with van der Waals surface area (Å²) in [6.07, 6.45) is 3.91. The lowest BCUT2D eigenvalue weighted by Gasteiger charge is -2.31. The molecule has 0 radical (unpaired) electrons. The zero-order valence-corrected chi connectivity index (χ0v) is 14.1. The predicted molar refractivity (Wildman–Crippen MR) is 85.0 cm³/mol. The van der Waals surface area contributed by atoms with Crippen LogP contribution in [0.3, 0.4) is 0 Å². The topological polar surface area (TPSA) is 80.7 Å². The average molecular weight is 328 g/mol. The summed E-state index contributed by atoms with van der Waals surface area (Å²) in [6, 6.07) is 0.813. The molecule has 6 nitrogen and oxygen atoms in total. The van der Waals surface area contributed by atoms with E-state index in [2.05, 4.69) is 17.2 Å². The number of ether oxygens (including phenoxy) is 2. The van der Waals surface area contributed by atoms with E-state index < -0.39 is 5.97 Å². The standard InChI is InChI=1S/C15H24N2O4S/c1-9(8-20-3)16-11-4-6-12(7-5-11)21-14-13(15(18)19)22-10(2)17-14/h9,11-12,16H,4-8H2,1-3H3,(H,18,19). The molecule has 1 atom stereocenters. The summed E-state index contributed by atoms with van der Waals surface area (Å²) in [4.78, 5) is 15.6. The van der Waals surface area contributed by atoms with Crippen molar-refractivity contribution in [1.82, 2.24) is 10.3 Å². The highest BCUT2D eigenvalue weighted by Gasteiger charge is 2.26. The average Bonchev–Trinajstić information content (AvgIpc) is 2.82. The molecule has 1 aliphatic carbocycles. The summed E-state index contributed by atoms with van der Waals surface area (Å²) >= 11 is 1.16. The van der Waals surface area contributed by atoms with E-state index in [1.165, 1.54) is 0 Å². The monoisotopic (exact) mass is 328 g/mol. The van der Waals surface area contributed by atoms with Gasteiger partial charge in [0.1, 0.15) is 6.10 Å². The fourth-order valence-corrected chi connectivity index (χ4v) is 3.52. The second-order valence-corrected chi connectivity index (χ2v) is 6.99. The molecule has 1 saturated carbocycles. The Morgan fingerprint density at radius 3 is 2.73 bits per heavy atom. The van der Waals surface area contributed by atoms with Crippen LogP contribution in [0.15, 0.2) is 0 Å². The van der Waals surface area contributed by atoms with Gasteiger partial charge in [0.2, 0.25) is 5.88 Å². The van der Waals surface area contributed by atoms with Crippen LogP contribution in [-0.4, -0.2) is 48.0 Å². The van der Waals surface area contributed by atoms with Crippen LogP contribution in [0.25, 0.3) is 0 Å². The van der Waals surface area contributed by atoms with E-state index in [0.29, 0.717) is 18.7 Å². The molecule has 2 N–H and O–H groups in total. The summed E-state index contributed by atoms with van der Waals surface area (Å²) in [5.41, 5.74) is 0. The van der Waals surface area contributed by atoms with Gasteiger partial charge in [-0.15, -0.1) is 11.3 Å². The van der Waals surface area contributed by atoms with Crippen molar-refractivity contribution in [2.75, 3.05) is 13.7 Å². The molecule has 124 valence electrons. The van der Waals surface area contributed by atoms with E-state index >= 15 is 0 Å². The molecule has 1 aliphatic rings. The van der Waals surface area contributed by atoms with Gasteiger partial charge in [-0.3, -0.25) is 0 Å². The van der Waals surface area contributed by atoms with Crippen LogP contribution in [0.1, 0.15) is 47.3 Å². The first-order valence-corrected chi connectivity index (χ1v) is 8.43. The number of hydrogen-bond donors (Lipinski definition) is 2. The Bertz CT molecular complexity index is 498. The maximum atomic E-state index is 11.2. The van der Waals surface area contributed by atoms with Crippen molar-refractivity contribution in [2.24, 2.45) is 0 Å². The van der Waals surface area contributed by atoms with Gasteiger partial charge in [0, 0.05) is 19.2 Å². The molecule has 1 aromatic heterocycles. The number of aromatic nitrogens is 1. The Labute approximate surface area is 134 Å². The number of hydrogen-bond acceptors (Lipinski definition) is 6. The first kappa shape index (κ1) is 17.2. The Hall–Kier alpha value is -1.18. The molecule has 22 heavy (non-hydrogen) atoms. The van der Waals surface area contributed by atoms with Crippen molar-refractivity contribution < 1.29 is 19.4 Å². The van der Waals surface area contributed by atoms with Gasteiger partial charge in [-0.1, -0.05) is 0 Å². The van der Waals surface area contributed by atoms with Gasteiger partial charge in [0.05, 0.1) is 11.6 Å². The summed E-state index contributed by atoms with van der Waals surface area (Å²) in [7, 11) is 1.71. The summed E-state index contributed by atoms with van der Waals surface area (Å²) in [5, 5.41) is 13.4. The van der Waals surface area contributed by atoms with E-state index in [1.54, 1.807) is 14.0 Å². The first-order valence-electron chi connectivity index (χ1n) is 7.62. The van der Waals surface area contributed by atoms with Gasteiger partial charge in [0.15, 0.2) is 4.88 Å². The van der Waals surface area contributed by atoms with Crippen molar-refractivity contribution in [3.63, 3.8) is 0 Å². The fraction of sp³-hybridized carbons (Fsp3) is 0.733. The van der Waals surface area contributed by atoms with E-state index in [1.807, 2.05) is 0 Å². The van der Waals surface area contributed by atoms with E-state index in [0.717, 1.165) is 42.0 Å². The van der Waals surface area contributed by atoms with Crippen LogP contribution >= 0.6 is 11.3 Å². The van der Waals surface area contributed by atoms with Crippen molar-refractivity contribution in [3.05, 3.63) is 9.88 Å². The van der Waals surface area contributed by atoms with E-state index in [4.69, 9.17) is 14.6 Å². The van der Waals surface area contributed by atoms with Gasteiger partial charge in [-0.05, 0) is 39.5 Å². The second-order valence-electron chi connectivity index (χ2n) is 5.79. The van der Waals surface area contributed by atoms with Crippen LogP contribution in [0, 0.1) is 6.92 Å². The van der Waals surface area contributed by atoms with E-state index in [9.17, 15) is 4.79 Å². The van der Waals surface area contributed by atoms with Crippen LogP contribution < -0.4 is 10.1 Å². The van der Waals surface area contributed by atoms with Crippen molar-refractivity contribution in [1.29, 1.82) is 0 Å². The minimum Gasteiger partial charge on any atom is -0.477 e. The quantitative estimate of drug-likeness (QED) is 0.800. The summed E-state index contributed by atoms with van der Waals surface area (Å²) < 4.78 is 11.0. The highest BCUT2D eigenvalue weighted by atomic mass is 32.1. The largest absolute Gasteiger partial charge is 0.477 e. The molecule has 0 saturated heterocycles. The summed E-state index contributed by atoms with van der Waals surface area (Å²) in [5.74, 6) is -0.691. The van der Waals surface area contributed by atoms with E-state index in [-0.39, 0.29) is 16.9 Å². The van der Waals surface area contributed by atoms with Crippen molar-refractivity contribution in [2.45, 2.75) is 57.7 Å². The molecule has 0 spiro atoms. The third kappa shape index (κ3) is 4.66. The van der Waals surface area contributed by atoms with Crippen molar-refractivity contribution in [3.8, 4) is 5.88 Å². The van der Waals surface area contributed by atoms with Crippen molar-refractivity contribution >= 4 is 17.3 Å². The molecule has 0 aromatic carbocycles. The van der Waals surface area contributed by atoms with Gasteiger partial charge >= 0.3 is 5.97 Å². The van der Waals surface area contributed by atoms with Crippen LogP contribution in [0.5, 0.6) is 5.88 Å². The SMILES string of the molecule is COCC(C)NC1CCC(Oc2nc(C)sc2C(=O)O)CC1. The Morgan fingerprint density at radius 2 is 2.14 bits per heavy atom. The normalized spacial score (nSPS) is 23.2. The van der Waals surface area contributed by atoms with Crippen LogP contribution in [0.2, 0.25) is 0 Å². The number of nitrogens with one attached hydrogen (secondary N) is 1. The van der Waals surface area contributed by atoms with Gasteiger partial charge in [-0.25, -0.2) is 9.78 Å². The number of rotatable bonds is 7. The Morgan fingerprint density at radius 1 is 1.45 bits per heavy atom. The number of nitrogens with zero attached hydrogens (tertiary/aromatic N) is 1. The Kier molecular flexibility index (Phi) is 6.16. The molecule has 0 bridgehead atoms. The molecule has 7 heteroatoms. The molecule has 1 aromatic rings. The third-order valence-corrected chi connectivity index (χ3v) is 4.73. The number of methoxy groups -OCH3 is 1. The minimum atomic E-state index is -0.968. The highest BCUT2D eigenvalue weighted by Crippen LogP contribution is 2.29. The molecule has 1 fully saturated rings. The highest BCUT2D eigenvalue weighted by molar-refractivity contribution is 7.13. The predicted octanol–water partition coefficient (Wildman–Crippen LogP) is 2.46. The molecule has 0 amide bonds. The molecule has 0 aliphatic heterocycles. The maximum absolute atomic E-state index is 11.2. The second kappa shape index (κ2) is 7.89. The first-order chi connectivity index (χ1) is 10.5. The lowest BCUT2D eigenvalue weighted by molar-refractivity contribution is 0.0688. The number of thiazole rings is 1. The number of aromatic carboxylic acids is 1. The number of carboxylic acids is 1. The zero-order chi connectivity index (χ0) is 16.1. The fourth-order valence-electron chi connectivity index (χ4n) is 2.83. The lowest BCUT2D eigenvalue weighted by atomic mass is 9.92. The number of aryl methyl sites for hydroxylation is 1. The zero-order valence-electron chi connectivity index (χ0n) is 13.3. The van der Waals surface area contributed by atoms with Crippen LogP contribution in [0.4, 0.5) is 0 Å². The van der Waals surface area contributed by atoms with Crippen LogP contribution in [-0.2, 0) is 4.74 Å². The smallest absolute Gasteiger partial charge is 0.351 e. The van der Waals surface area contributed by atoms with Gasteiger partial charge < -0.3 is 19.9 Å². The Balaban J connectivity index is 1.84. The maximum Gasteiger partial charge on any atom is 0.351 e. The molecule has 2 rings (SSSR count). The van der Waals surface area contributed by atoms with Gasteiger partial charge in [0.25, 0.3) is 0 Å². The molecular formula is C15H24N2O4S.